The molecule has 0 bridgehead atoms. The van der Waals surface area contributed by atoms with Gasteiger partial charge >= 0.3 is 0 Å². The Morgan fingerprint density at radius 1 is 1.13 bits per heavy atom. The predicted molar refractivity (Wildman–Crippen MR) is 85.3 cm³/mol. The van der Waals surface area contributed by atoms with Crippen LogP contribution in [0.1, 0.15) is 38.2 Å². The predicted octanol–water partition coefficient (Wildman–Crippen LogP) is 4.99. The SMILES string of the molecule is CC1=Nc2c(F)cc(-c3nc(Cl)ncc3F)cc2C12CCCC2. The lowest BCUT2D eigenvalue weighted by Crippen LogP contribution is -2.27. The van der Waals surface area contributed by atoms with Gasteiger partial charge in [-0.1, -0.05) is 12.8 Å². The average molecular weight is 334 g/mol. The molecule has 1 aromatic heterocycles. The van der Waals surface area contributed by atoms with E-state index in [0.717, 1.165) is 43.2 Å². The molecule has 3 nitrogen and oxygen atoms in total. The number of aromatic nitrogens is 2. The minimum atomic E-state index is -0.621. The van der Waals surface area contributed by atoms with Gasteiger partial charge in [0.2, 0.25) is 5.28 Å². The van der Waals surface area contributed by atoms with Crippen molar-refractivity contribution in [2.75, 3.05) is 0 Å². The molecule has 1 aliphatic heterocycles. The number of hydrogen-bond donors (Lipinski definition) is 0. The molecular formula is C17H14ClF2N3. The molecule has 0 radical (unpaired) electrons. The molecule has 2 aliphatic rings. The van der Waals surface area contributed by atoms with Crippen LogP contribution in [-0.4, -0.2) is 15.7 Å². The van der Waals surface area contributed by atoms with Gasteiger partial charge in [-0.15, -0.1) is 0 Å². The van der Waals surface area contributed by atoms with E-state index in [9.17, 15) is 8.78 Å². The van der Waals surface area contributed by atoms with Crippen molar-refractivity contribution < 1.29 is 8.78 Å². The lowest BCUT2D eigenvalue weighted by molar-refractivity contribution is 0.596. The number of hydrogen-bond acceptors (Lipinski definition) is 3. The second-order valence-corrected chi connectivity index (χ2v) is 6.51. The monoisotopic (exact) mass is 333 g/mol. The third-order valence-corrected chi connectivity index (χ3v) is 5.18. The Hall–Kier alpha value is -1.88. The van der Waals surface area contributed by atoms with Gasteiger partial charge in [-0.25, -0.2) is 18.7 Å². The zero-order valence-electron chi connectivity index (χ0n) is 12.5. The highest BCUT2D eigenvalue weighted by atomic mass is 35.5. The molecule has 0 saturated heterocycles. The Balaban J connectivity index is 1.93. The van der Waals surface area contributed by atoms with Crippen molar-refractivity contribution in [1.82, 2.24) is 9.97 Å². The minimum absolute atomic E-state index is 0.0180. The van der Waals surface area contributed by atoms with E-state index in [-0.39, 0.29) is 16.4 Å². The number of halogens is 3. The van der Waals surface area contributed by atoms with Crippen LogP contribution in [-0.2, 0) is 5.41 Å². The molecule has 1 spiro atoms. The van der Waals surface area contributed by atoms with E-state index >= 15 is 0 Å². The molecule has 23 heavy (non-hydrogen) atoms. The van der Waals surface area contributed by atoms with Crippen LogP contribution in [0.25, 0.3) is 11.3 Å². The van der Waals surface area contributed by atoms with Crippen molar-refractivity contribution in [3.05, 3.63) is 40.8 Å². The van der Waals surface area contributed by atoms with Gasteiger partial charge in [0.1, 0.15) is 17.2 Å². The van der Waals surface area contributed by atoms with Gasteiger partial charge in [0.25, 0.3) is 0 Å². The van der Waals surface area contributed by atoms with Crippen molar-refractivity contribution in [1.29, 1.82) is 0 Å². The third-order valence-electron chi connectivity index (χ3n) is 5.00. The summed E-state index contributed by atoms with van der Waals surface area (Å²) in [5.74, 6) is -1.07. The largest absolute Gasteiger partial charge is 0.254 e. The standard InChI is InChI=1S/C17H14ClF2N3/c1-9-17(4-2-3-5-17)11-6-10(7-12(19)15(11)22-9)14-13(20)8-21-16(18)23-14/h6-8H,2-5H2,1H3. The first kappa shape index (κ1) is 14.7. The number of benzene rings is 1. The topological polar surface area (TPSA) is 38.1 Å². The van der Waals surface area contributed by atoms with E-state index in [4.69, 9.17) is 11.6 Å². The van der Waals surface area contributed by atoms with Crippen molar-refractivity contribution in [3.8, 4) is 11.3 Å². The van der Waals surface area contributed by atoms with E-state index in [1.165, 1.54) is 6.07 Å². The van der Waals surface area contributed by atoms with Gasteiger partial charge in [0.05, 0.1) is 6.20 Å². The van der Waals surface area contributed by atoms with Crippen molar-refractivity contribution in [2.45, 2.75) is 38.0 Å². The normalized spacial score (nSPS) is 18.3. The molecule has 0 atom stereocenters. The fourth-order valence-electron chi connectivity index (χ4n) is 3.84. The van der Waals surface area contributed by atoms with Gasteiger partial charge in [-0.05, 0) is 49.1 Å². The van der Waals surface area contributed by atoms with E-state index in [1.807, 2.05) is 13.0 Å². The van der Waals surface area contributed by atoms with Crippen molar-refractivity contribution >= 4 is 23.0 Å². The quantitative estimate of drug-likeness (QED) is 0.689. The second kappa shape index (κ2) is 5.06. The molecular weight excluding hydrogens is 320 g/mol. The second-order valence-electron chi connectivity index (χ2n) is 6.18. The van der Waals surface area contributed by atoms with Crippen LogP contribution in [0, 0.1) is 11.6 Å². The molecule has 0 amide bonds. The van der Waals surface area contributed by atoms with Crippen LogP contribution in [0.5, 0.6) is 0 Å². The molecule has 1 saturated carbocycles. The summed E-state index contributed by atoms with van der Waals surface area (Å²) in [6.07, 6.45) is 5.08. The Kier molecular flexibility index (Phi) is 3.23. The molecule has 2 aromatic rings. The number of rotatable bonds is 1. The van der Waals surface area contributed by atoms with Crippen molar-refractivity contribution in [2.24, 2.45) is 4.99 Å². The molecule has 118 valence electrons. The molecule has 1 fully saturated rings. The molecule has 6 heteroatoms. The molecule has 1 aliphatic carbocycles. The maximum atomic E-state index is 14.6. The maximum Gasteiger partial charge on any atom is 0.223 e. The fraction of sp³-hybridized carbons (Fsp3) is 0.353. The average Bonchev–Trinajstić information content (AvgIpc) is 3.11. The van der Waals surface area contributed by atoms with Gasteiger partial charge in [-0.2, -0.15) is 0 Å². The van der Waals surface area contributed by atoms with Crippen molar-refractivity contribution in [3.63, 3.8) is 0 Å². The van der Waals surface area contributed by atoms with Crippen LogP contribution < -0.4 is 0 Å². The van der Waals surface area contributed by atoms with E-state index in [0.29, 0.717) is 11.3 Å². The smallest absolute Gasteiger partial charge is 0.223 e. The van der Waals surface area contributed by atoms with Crippen LogP contribution in [0.4, 0.5) is 14.5 Å². The Morgan fingerprint density at radius 3 is 2.61 bits per heavy atom. The lowest BCUT2D eigenvalue weighted by atomic mass is 9.76. The molecule has 1 aromatic carbocycles. The summed E-state index contributed by atoms with van der Waals surface area (Å²) in [4.78, 5) is 12.0. The Labute approximate surface area is 137 Å². The van der Waals surface area contributed by atoms with Gasteiger partial charge in [0, 0.05) is 16.7 Å². The van der Waals surface area contributed by atoms with Crippen LogP contribution >= 0.6 is 11.6 Å². The van der Waals surface area contributed by atoms with E-state index in [1.54, 1.807) is 0 Å². The Bertz CT molecular complexity index is 842. The first-order chi connectivity index (χ1) is 11.0. The van der Waals surface area contributed by atoms with Gasteiger partial charge in [-0.3, -0.25) is 4.99 Å². The number of aliphatic imine (C=N–C) groups is 1. The summed E-state index contributed by atoms with van der Waals surface area (Å²) in [6.45, 7) is 1.95. The third kappa shape index (κ3) is 2.10. The summed E-state index contributed by atoms with van der Waals surface area (Å²) in [6, 6.07) is 3.08. The minimum Gasteiger partial charge on any atom is -0.254 e. The molecule has 0 N–H and O–H groups in total. The molecule has 0 unspecified atom stereocenters. The fourth-order valence-corrected chi connectivity index (χ4v) is 3.97. The molecule has 4 rings (SSSR count). The summed E-state index contributed by atoms with van der Waals surface area (Å²) in [7, 11) is 0. The number of fused-ring (bicyclic) bond motifs is 2. The molecule has 2 heterocycles. The summed E-state index contributed by atoms with van der Waals surface area (Å²) >= 11 is 5.76. The highest BCUT2D eigenvalue weighted by Gasteiger charge is 2.44. The first-order valence-electron chi connectivity index (χ1n) is 7.59. The maximum absolute atomic E-state index is 14.6. The zero-order chi connectivity index (χ0) is 16.2. The summed E-state index contributed by atoms with van der Waals surface area (Å²) < 4.78 is 28.6. The summed E-state index contributed by atoms with van der Waals surface area (Å²) in [5.41, 5.74) is 2.36. The van der Waals surface area contributed by atoms with Crippen LogP contribution in [0.15, 0.2) is 23.3 Å². The highest BCUT2D eigenvalue weighted by molar-refractivity contribution is 6.28. The van der Waals surface area contributed by atoms with Gasteiger partial charge in [0.15, 0.2) is 5.82 Å². The van der Waals surface area contributed by atoms with E-state index < -0.39 is 11.6 Å². The zero-order valence-corrected chi connectivity index (χ0v) is 13.3. The van der Waals surface area contributed by atoms with Crippen LogP contribution in [0.3, 0.4) is 0 Å². The Morgan fingerprint density at radius 2 is 1.87 bits per heavy atom. The van der Waals surface area contributed by atoms with Gasteiger partial charge < -0.3 is 0 Å². The summed E-state index contributed by atoms with van der Waals surface area (Å²) in [5, 5.41) is -0.0645. The lowest BCUT2D eigenvalue weighted by Gasteiger charge is -2.25. The highest BCUT2D eigenvalue weighted by Crippen LogP contribution is 2.52. The number of nitrogens with zero attached hydrogens (tertiary/aromatic N) is 3. The van der Waals surface area contributed by atoms with E-state index in [2.05, 4.69) is 15.0 Å². The van der Waals surface area contributed by atoms with Crippen LogP contribution in [0.2, 0.25) is 5.28 Å². The first-order valence-corrected chi connectivity index (χ1v) is 7.97.